The first-order chi connectivity index (χ1) is 13.0. The van der Waals surface area contributed by atoms with Gasteiger partial charge in [-0.25, -0.2) is 4.79 Å². The summed E-state index contributed by atoms with van der Waals surface area (Å²) in [5.41, 5.74) is 3.15. The quantitative estimate of drug-likeness (QED) is 0.786. The molecule has 142 valence electrons. The zero-order chi connectivity index (χ0) is 19.4. The minimum absolute atomic E-state index is 0.128. The molecule has 0 spiro atoms. The van der Waals surface area contributed by atoms with E-state index in [1.165, 1.54) is 11.8 Å². The van der Waals surface area contributed by atoms with Gasteiger partial charge in [0.1, 0.15) is 6.10 Å². The second-order valence-electron chi connectivity index (χ2n) is 6.26. The summed E-state index contributed by atoms with van der Waals surface area (Å²) in [7, 11) is 2.99. The van der Waals surface area contributed by atoms with Crippen LogP contribution in [0.1, 0.15) is 40.6 Å². The fraction of sp³-hybridized carbons (Fsp3) is 0.368. The molecule has 2 aromatic rings. The smallest absolute Gasteiger partial charge is 0.356 e. The van der Waals surface area contributed by atoms with Crippen LogP contribution in [0.5, 0.6) is 0 Å². The SMILES string of the molecule is CCC1=NO[C@@H](CNC(=O)c2cccc(-c3cnn(C)c3C(=O)OC)c2)C1. The molecule has 0 unspecified atom stereocenters. The average molecular weight is 370 g/mol. The summed E-state index contributed by atoms with van der Waals surface area (Å²) in [6.45, 7) is 2.41. The molecule has 27 heavy (non-hydrogen) atoms. The van der Waals surface area contributed by atoms with E-state index in [2.05, 4.69) is 15.6 Å². The standard InChI is InChI=1S/C19H22N4O4/c1-4-14-9-15(27-22-14)10-20-18(24)13-7-5-6-12(8-13)16-11-21-23(2)17(16)19(25)26-3/h5-8,11,15H,4,9-10H2,1-3H3,(H,20,24)/t15-/m1/s1. The normalized spacial score (nSPS) is 15.8. The van der Waals surface area contributed by atoms with Gasteiger partial charge in [0, 0.05) is 24.6 Å². The highest BCUT2D eigenvalue weighted by Gasteiger charge is 2.22. The van der Waals surface area contributed by atoms with Crippen molar-refractivity contribution < 1.29 is 19.2 Å². The van der Waals surface area contributed by atoms with Crippen molar-refractivity contribution in [1.82, 2.24) is 15.1 Å². The number of hydrogen-bond donors (Lipinski definition) is 1. The van der Waals surface area contributed by atoms with Gasteiger partial charge in [-0.1, -0.05) is 24.2 Å². The molecular weight excluding hydrogens is 348 g/mol. The summed E-state index contributed by atoms with van der Waals surface area (Å²) in [6, 6.07) is 7.03. The highest BCUT2D eigenvalue weighted by molar-refractivity contribution is 5.98. The first-order valence-electron chi connectivity index (χ1n) is 8.74. The Morgan fingerprint density at radius 2 is 2.22 bits per heavy atom. The molecule has 1 atom stereocenters. The first kappa shape index (κ1) is 18.6. The number of hydrogen-bond acceptors (Lipinski definition) is 6. The third kappa shape index (κ3) is 3.99. The molecule has 8 nitrogen and oxygen atoms in total. The van der Waals surface area contributed by atoms with Crippen molar-refractivity contribution >= 4 is 17.6 Å². The number of aryl methyl sites for hydroxylation is 1. The molecule has 8 heteroatoms. The molecule has 0 saturated heterocycles. The number of rotatable bonds is 6. The summed E-state index contributed by atoms with van der Waals surface area (Å²) in [5.74, 6) is -0.695. The van der Waals surface area contributed by atoms with Crippen molar-refractivity contribution in [3.63, 3.8) is 0 Å². The molecule has 1 aliphatic heterocycles. The second-order valence-corrected chi connectivity index (χ2v) is 6.26. The Kier molecular flexibility index (Phi) is 5.54. The molecule has 1 N–H and O–H groups in total. The van der Waals surface area contributed by atoms with Gasteiger partial charge < -0.3 is 14.9 Å². The molecule has 2 heterocycles. The van der Waals surface area contributed by atoms with Gasteiger partial charge in [-0.3, -0.25) is 9.48 Å². The summed E-state index contributed by atoms with van der Waals surface area (Å²) in [6.07, 6.45) is 3.03. The monoisotopic (exact) mass is 370 g/mol. The molecule has 1 aromatic carbocycles. The number of methoxy groups -OCH3 is 1. The van der Waals surface area contributed by atoms with Crippen molar-refractivity contribution in [2.24, 2.45) is 12.2 Å². The van der Waals surface area contributed by atoms with E-state index in [1.807, 2.05) is 13.0 Å². The van der Waals surface area contributed by atoms with E-state index in [1.54, 1.807) is 31.4 Å². The minimum Gasteiger partial charge on any atom is -0.464 e. The number of carbonyl (C=O) groups excluding carboxylic acids is 2. The van der Waals surface area contributed by atoms with Gasteiger partial charge >= 0.3 is 5.97 Å². The number of nitrogens with zero attached hydrogens (tertiary/aromatic N) is 3. The molecule has 0 saturated carbocycles. The molecule has 0 radical (unpaired) electrons. The van der Waals surface area contributed by atoms with Crippen molar-refractivity contribution in [3.05, 3.63) is 41.7 Å². The third-order valence-electron chi connectivity index (χ3n) is 4.45. The molecule has 0 bridgehead atoms. The van der Waals surface area contributed by atoms with E-state index in [4.69, 9.17) is 9.57 Å². The number of oxime groups is 1. The van der Waals surface area contributed by atoms with E-state index < -0.39 is 5.97 Å². The third-order valence-corrected chi connectivity index (χ3v) is 4.45. The van der Waals surface area contributed by atoms with Gasteiger partial charge in [0.15, 0.2) is 5.69 Å². The summed E-state index contributed by atoms with van der Waals surface area (Å²) >= 11 is 0. The predicted molar refractivity (Wildman–Crippen MR) is 99.5 cm³/mol. The topological polar surface area (TPSA) is 94.8 Å². The van der Waals surface area contributed by atoms with Crippen LogP contribution in [0.2, 0.25) is 0 Å². The van der Waals surface area contributed by atoms with Gasteiger partial charge in [0.2, 0.25) is 0 Å². The van der Waals surface area contributed by atoms with Crippen LogP contribution in [0.4, 0.5) is 0 Å². The fourth-order valence-corrected chi connectivity index (χ4v) is 2.93. The fourth-order valence-electron chi connectivity index (χ4n) is 2.93. The second kappa shape index (κ2) is 8.03. The Bertz CT molecular complexity index is 888. The number of ether oxygens (including phenoxy) is 1. The predicted octanol–water partition coefficient (Wildman–Crippen LogP) is 2.16. The van der Waals surface area contributed by atoms with Crippen LogP contribution in [0.25, 0.3) is 11.1 Å². The molecular formula is C19H22N4O4. The van der Waals surface area contributed by atoms with E-state index in [9.17, 15) is 9.59 Å². The van der Waals surface area contributed by atoms with E-state index in [0.717, 1.165) is 18.6 Å². The average Bonchev–Trinajstić information content (AvgIpc) is 3.32. The molecule has 1 aliphatic rings. The number of carbonyl (C=O) groups is 2. The number of benzene rings is 1. The summed E-state index contributed by atoms with van der Waals surface area (Å²) < 4.78 is 6.28. The largest absolute Gasteiger partial charge is 0.464 e. The Labute approximate surface area is 157 Å². The molecule has 0 fully saturated rings. The first-order valence-corrected chi connectivity index (χ1v) is 8.74. The van der Waals surface area contributed by atoms with Gasteiger partial charge in [-0.05, 0) is 24.1 Å². The Balaban J connectivity index is 1.73. The Hall–Kier alpha value is -3.16. The number of nitrogens with one attached hydrogen (secondary N) is 1. The van der Waals surface area contributed by atoms with Crippen LogP contribution >= 0.6 is 0 Å². The Morgan fingerprint density at radius 3 is 2.93 bits per heavy atom. The highest BCUT2D eigenvalue weighted by atomic mass is 16.6. The molecule has 3 rings (SSSR count). The lowest BCUT2D eigenvalue weighted by molar-refractivity contribution is 0.0589. The lowest BCUT2D eigenvalue weighted by Crippen LogP contribution is -2.32. The van der Waals surface area contributed by atoms with Crippen molar-refractivity contribution in [3.8, 4) is 11.1 Å². The summed E-state index contributed by atoms with van der Waals surface area (Å²) in [5, 5.41) is 11.0. The van der Waals surface area contributed by atoms with Gasteiger partial charge in [-0.2, -0.15) is 5.10 Å². The van der Waals surface area contributed by atoms with E-state index in [0.29, 0.717) is 28.9 Å². The van der Waals surface area contributed by atoms with Crippen LogP contribution in [-0.4, -0.2) is 47.1 Å². The zero-order valence-electron chi connectivity index (χ0n) is 15.6. The zero-order valence-corrected chi connectivity index (χ0v) is 15.6. The number of aromatic nitrogens is 2. The lowest BCUT2D eigenvalue weighted by Gasteiger charge is -2.11. The summed E-state index contributed by atoms with van der Waals surface area (Å²) in [4.78, 5) is 29.8. The lowest BCUT2D eigenvalue weighted by atomic mass is 10.0. The Morgan fingerprint density at radius 1 is 1.41 bits per heavy atom. The van der Waals surface area contributed by atoms with E-state index >= 15 is 0 Å². The van der Waals surface area contributed by atoms with Crippen molar-refractivity contribution in [2.75, 3.05) is 13.7 Å². The van der Waals surface area contributed by atoms with Crippen LogP contribution in [0.3, 0.4) is 0 Å². The van der Waals surface area contributed by atoms with E-state index in [-0.39, 0.29) is 12.0 Å². The molecule has 1 aromatic heterocycles. The van der Waals surface area contributed by atoms with Crippen LogP contribution in [0, 0.1) is 0 Å². The van der Waals surface area contributed by atoms with Crippen LogP contribution in [0.15, 0.2) is 35.6 Å². The van der Waals surface area contributed by atoms with Crippen molar-refractivity contribution in [1.29, 1.82) is 0 Å². The maximum atomic E-state index is 12.5. The maximum Gasteiger partial charge on any atom is 0.356 e. The van der Waals surface area contributed by atoms with Crippen molar-refractivity contribution in [2.45, 2.75) is 25.9 Å². The number of amides is 1. The number of esters is 1. The van der Waals surface area contributed by atoms with Gasteiger partial charge in [-0.15, -0.1) is 0 Å². The molecule has 1 amide bonds. The van der Waals surface area contributed by atoms with Crippen LogP contribution < -0.4 is 5.32 Å². The highest BCUT2D eigenvalue weighted by Crippen LogP contribution is 2.25. The van der Waals surface area contributed by atoms with Crippen LogP contribution in [-0.2, 0) is 16.6 Å². The minimum atomic E-state index is -0.482. The van der Waals surface area contributed by atoms with Gasteiger partial charge in [0.25, 0.3) is 5.91 Å². The molecule has 0 aliphatic carbocycles. The van der Waals surface area contributed by atoms with Gasteiger partial charge in [0.05, 0.1) is 25.6 Å². The maximum absolute atomic E-state index is 12.5.